The molecule has 0 aliphatic heterocycles. The number of nitrogens with two attached hydrogens (primary N) is 1. The first kappa shape index (κ1) is 12.4. The molecule has 3 nitrogen and oxygen atoms in total. The van der Waals surface area contributed by atoms with Gasteiger partial charge >= 0.3 is 0 Å². The van der Waals surface area contributed by atoms with Crippen molar-refractivity contribution in [2.24, 2.45) is 0 Å². The number of para-hydroxylation sites is 1. The summed E-state index contributed by atoms with van der Waals surface area (Å²) < 4.78 is 0. The Morgan fingerprint density at radius 3 is 2.61 bits per heavy atom. The molecule has 0 saturated carbocycles. The van der Waals surface area contributed by atoms with Crippen LogP contribution < -0.4 is 11.1 Å². The topological polar surface area (TPSA) is 50.9 Å². The summed E-state index contributed by atoms with van der Waals surface area (Å²) >= 11 is 0. The molecule has 1 aromatic carbocycles. The Hall–Kier alpha value is -2.03. The zero-order valence-corrected chi connectivity index (χ0v) is 11.1. The molecule has 2 rings (SSSR count). The molecule has 3 N–H and O–H groups in total. The first-order chi connectivity index (χ1) is 8.61. The molecule has 0 amide bonds. The minimum atomic E-state index is 0.723. The Bertz CT molecular complexity index is 562. The zero-order chi connectivity index (χ0) is 13.1. The van der Waals surface area contributed by atoms with Gasteiger partial charge in [-0.2, -0.15) is 0 Å². The molecule has 18 heavy (non-hydrogen) atoms. The first-order valence-electron chi connectivity index (χ1n) is 6.20. The Morgan fingerprint density at radius 2 is 1.94 bits per heavy atom. The smallest absolute Gasteiger partial charge is 0.130 e. The summed E-state index contributed by atoms with van der Waals surface area (Å²) in [7, 11) is 0. The van der Waals surface area contributed by atoms with Crippen LogP contribution in [-0.4, -0.2) is 4.98 Å². The molecular formula is C15H19N3. The molecule has 1 aromatic heterocycles. The number of aryl methyl sites for hydroxylation is 3. The van der Waals surface area contributed by atoms with E-state index in [1.807, 2.05) is 19.1 Å². The molecule has 0 bridgehead atoms. The van der Waals surface area contributed by atoms with Crippen LogP contribution in [0.15, 0.2) is 30.3 Å². The summed E-state index contributed by atoms with van der Waals surface area (Å²) in [5.41, 5.74) is 11.0. The Morgan fingerprint density at radius 1 is 1.17 bits per heavy atom. The van der Waals surface area contributed by atoms with Gasteiger partial charge < -0.3 is 11.1 Å². The lowest BCUT2D eigenvalue weighted by molar-refractivity contribution is 1.12. The van der Waals surface area contributed by atoms with Crippen LogP contribution in [0.3, 0.4) is 0 Å². The van der Waals surface area contributed by atoms with Crippen molar-refractivity contribution in [2.75, 3.05) is 11.1 Å². The molecule has 0 unspecified atom stereocenters. The molecule has 0 aliphatic carbocycles. The number of nitrogens with one attached hydrogen (secondary N) is 1. The van der Waals surface area contributed by atoms with Crippen molar-refractivity contribution in [2.45, 2.75) is 27.2 Å². The van der Waals surface area contributed by atoms with Crippen molar-refractivity contribution >= 4 is 17.2 Å². The van der Waals surface area contributed by atoms with E-state index in [2.05, 4.69) is 42.3 Å². The number of hydrogen-bond donors (Lipinski definition) is 2. The fourth-order valence-corrected chi connectivity index (χ4v) is 1.97. The highest BCUT2D eigenvalue weighted by molar-refractivity contribution is 5.65. The lowest BCUT2D eigenvalue weighted by Gasteiger charge is -2.14. The van der Waals surface area contributed by atoms with Crippen LogP contribution in [0.1, 0.15) is 23.7 Å². The van der Waals surface area contributed by atoms with E-state index in [0.717, 1.165) is 29.3 Å². The fraction of sp³-hybridized carbons (Fsp3) is 0.267. The average molecular weight is 241 g/mol. The lowest BCUT2D eigenvalue weighted by Crippen LogP contribution is -2.02. The van der Waals surface area contributed by atoms with Crippen LogP contribution in [0.5, 0.6) is 0 Å². The Balaban J connectivity index is 2.36. The van der Waals surface area contributed by atoms with Gasteiger partial charge in [0, 0.05) is 5.69 Å². The van der Waals surface area contributed by atoms with Crippen molar-refractivity contribution < 1.29 is 0 Å². The van der Waals surface area contributed by atoms with Gasteiger partial charge in [0.15, 0.2) is 0 Å². The summed E-state index contributed by atoms with van der Waals surface area (Å²) in [6, 6.07) is 10.1. The van der Waals surface area contributed by atoms with Crippen molar-refractivity contribution in [3.8, 4) is 0 Å². The van der Waals surface area contributed by atoms with E-state index in [4.69, 9.17) is 5.73 Å². The third-order valence-corrected chi connectivity index (χ3v) is 3.12. The molecule has 0 saturated heterocycles. The standard InChI is InChI=1S/C15H19N3/c1-4-12-7-5-6-10(2)15(12)18-14-9-8-13(16)11(3)17-14/h5-9H,4,16H2,1-3H3,(H,17,18). The van der Waals surface area contributed by atoms with Gasteiger partial charge in [-0.05, 0) is 43.5 Å². The van der Waals surface area contributed by atoms with Gasteiger partial charge in [-0.15, -0.1) is 0 Å². The second-order valence-corrected chi connectivity index (χ2v) is 4.46. The highest BCUT2D eigenvalue weighted by Crippen LogP contribution is 2.25. The summed E-state index contributed by atoms with van der Waals surface area (Å²) in [6.45, 7) is 6.17. The number of aromatic nitrogens is 1. The van der Waals surface area contributed by atoms with Crippen LogP contribution in [0.25, 0.3) is 0 Å². The summed E-state index contributed by atoms with van der Waals surface area (Å²) in [5, 5.41) is 3.39. The molecule has 2 aromatic rings. The Kier molecular flexibility index (Phi) is 3.51. The predicted molar refractivity (Wildman–Crippen MR) is 77.2 cm³/mol. The molecular weight excluding hydrogens is 222 g/mol. The van der Waals surface area contributed by atoms with E-state index in [9.17, 15) is 0 Å². The van der Waals surface area contributed by atoms with Gasteiger partial charge in [0.2, 0.25) is 0 Å². The number of anilines is 3. The normalized spacial score (nSPS) is 10.4. The number of nitrogen functional groups attached to an aromatic ring is 1. The molecule has 1 heterocycles. The molecule has 0 spiro atoms. The van der Waals surface area contributed by atoms with Crippen molar-refractivity contribution in [1.29, 1.82) is 0 Å². The summed E-state index contributed by atoms with van der Waals surface area (Å²) in [6.07, 6.45) is 0.998. The van der Waals surface area contributed by atoms with Crippen LogP contribution in [0.4, 0.5) is 17.2 Å². The number of benzene rings is 1. The number of pyridine rings is 1. The van der Waals surface area contributed by atoms with Gasteiger partial charge in [-0.3, -0.25) is 0 Å². The maximum absolute atomic E-state index is 5.78. The predicted octanol–water partition coefficient (Wildman–Crippen LogP) is 3.59. The quantitative estimate of drug-likeness (QED) is 0.863. The summed E-state index contributed by atoms with van der Waals surface area (Å²) in [4.78, 5) is 4.45. The van der Waals surface area contributed by atoms with Gasteiger partial charge in [-0.1, -0.05) is 25.1 Å². The van der Waals surface area contributed by atoms with E-state index in [-0.39, 0.29) is 0 Å². The van der Waals surface area contributed by atoms with Crippen LogP contribution >= 0.6 is 0 Å². The van der Waals surface area contributed by atoms with Gasteiger partial charge in [0.05, 0.1) is 11.4 Å². The number of hydrogen-bond acceptors (Lipinski definition) is 3. The van der Waals surface area contributed by atoms with E-state index in [1.54, 1.807) is 0 Å². The summed E-state index contributed by atoms with van der Waals surface area (Å²) in [5.74, 6) is 0.839. The van der Waals surface area contributed by atoms with Crippen LogP contribution in [-0.2, 0) is 6.42 Å². The molecule has 0 fully saturated rings. The Labute approximate surface area is 108 Å². The first-order valence-corrected chi connectivity index (χ1v) is 6.20. The average Bonchev–Trinajstić information content (AvgIpc) is 2.36. The fourth-order valence-electron chi connectivity index (χ4n) is 1.97. The molecule has 94 valence electrons. The van der Waals surface area contributed by atoms with Gasteiger partial charge in [0.1, 0.15) is 5.82 Å². The minimum Gasteiger partial charge on any atom is -0.397 e. The van der Waals surface area contributed by atoms with Crippen LogP contribution in [0.2, 0.25) is 0 Å². The monoisotopic (exact) mass is 241 g/mol. The van der Waals surface area contributed by atoms with E-state index >= 15 is 0 Å². The maximum Gasteiger partial charge on any atom is 0.130 e. The molecule has 0 atom stereocenters. The largest absolute Gasteiger partial charge is 0.397 e. The van der Waals surface area contributed by atoms with Gasteiger partial charge in [0.25, 0.3) is 0 Å². The molecule has 0 aliphatic rings. The SMILES string of the molecule is CCc1cccc(C)c1Nc1ccc(N)c(C)n1. The second-order valence-electron chi connectivity index (χ2n) is 4.46. The zero-order valence-electron chi connectivity index (χ0n) is 11.1. The highest BCUT2D eigenvalue weighted by atomic mass is 15.0. The maximum atomic E-state index is 5.78. The lowest BCUT2D eigenvalue weighted by atomic mass is 10.1. The van der Waals surface area contributed by atoms with Crippen LogP contribution in [0, 0.1) is 13.8 Å². The minimum absolute atomic E-state index is 0.723. The molecule has 0 radical (unpaired) electrons. The van der Waals surface area contributed by atoms with Crippen molar-refractivity contribution in [3.05, 3.63) is 47.2 Å². The number of rotatable bonds is 3. The van der Waals surface area contributed by atoms with Crippen molar-refractivity contribution in [3.63, 3.8) is 0 Å². The van der Waals surface area contributed by atoms with Crippen molar-refractivity contribution in [1.82, 2.24) is 4.98 Å². The van der Waals surface area contributed by atoms with Gasteiger partial charge in [-0.25, -0.2) is 4.98 Å². The number of nitrogens with zero attached hydrogens (tertiary/aromatic N) is 1. The molecule has 3 heteroatoms. The highest BCUT2D eigenvalue weighted by Gasteiger charge is 2.05. The van der Waals surface area contributed by atoms with E-state index < -0.39 is 0 Å². The third-order valence-electron chi connectivity index (χ3n) is 3.12. The van der Waals surface area contributed by atoms with E-state index in [1.165, 1.54) is 11.1 Å². The third kappa shape index (κ3) is 2.45. The van der Waals surface area contributed by atoms with E-state index in [0.29, 0.717) is 0 Å². The second kappa shape index (κ2) is 5.08.